The van der Waals surface area contributed by atoms with Gasteiger partial charge in [0, 0.05) is 17.7 Å². The van der Waals surface area contributed by atoms with Crippen LogP contribution in [0.3, 0.4) is 0 Å². The molecular weight excluding hydrogens is 378 g/mol. The molecule has 0 fully saturated rings. The molecule has 0 saturated carbocycles. The quantitative estimate of drug-likeness (QED) is 0.541. The van der Waals surface area contributed by atoms with Crippen molar-refractivity contribution in [1.29, 1.82) is 0 Å². The molecule has 1 atom stereocenters. The van der Waals surface area contributed by atoms with Crippen molar-refractivity contribution in [1.82, 2.24) is 15.2 Å². The Kier molecular flexibility index (Phi) is 5.77. The van der Waals surface area contributed by atoms with Crippen LogP contribution in [-0.2, 0) is 14.3 Å². The number of esters is 2. The lowest BCUT2D eigenvalue weighted by Crippen LogP contribution is -2.22. The van der Waals surface area contributed by atoms with Gasteiger partial charge in [0.2, 0.25) is 0 Å². The number of pyridine rings is 1. The van der Waals surface area contributed by atoms with E-state index in [1.807, 2.05) is 30.3 Å². The van der Waals surface area contributed by atoms with Crippen LogP contribution in [0, 0.1) is 0 Å². The highest BCUT2D eigenvalue weighted by molar-refractivity contribution is 5.92. The van der Waals surface area contributed by atoms with Crippen LogP contribution < -0.4 is 5.56 Å². The molecule has 0 aliphatic heterocycles. The Hall–Kier alpha value is -3.88. The molecule has 0 bridgehead atoms. The number of aromatic amines is 2. The highest BCUT2D eigenvalue weighted by atomic mass is 16.5. The fourth-order valence-corrected chi connectivity index (χ4v) is 3.14. The van der Waals surface area contributed by atoms with Gasteiger partial charge in [0.05, 0.1) is 38.1 Å². The van der Waals surface area contributed by atoms with Crippen LogP contribution in [0.5, 0.6) is 5.75 Å². The molecule has 1 aromatic carbocycles. The van der Waals surface area contributed by atoms with Crippen molar-refractivity contribution in [3.05, 3.63) is 69.8 Å². The number of nitrogens with one attached hydrogen (secondary N) is 2. The van der Waals surface area contributed by atoms with Crippen molar-refractivity contribution in [3.63, 3.8) is 0 Å². The maximum atomic E-state index is 12.6. The molecule has 0 aliphatic carbocycles. The van der Waals surface area contributed by atoms with E-state index in [1.165, 1.54) is 13.3 Å². The maximum Gasteiger partial charge on any atom is 0.343 e. The first-order chi connectivity index (χ1) is 14.0. The monoisotopic (exact) mass is 397 g/mol. The predicted molar refractivity (Wildman–Crippen MR) is 103 cm³/mol. The molecule has 0 spiro atoms. The molecular formula is C20H19N3O6. The Balaban J connectivity index is 2.22. The van der Waals surface area contributed by atoms with Gasteiger partial charge >= 0.3 is 11.9 Å². The lowest BCUT2D eigenvalue weighted by molar-refractivity contribution is -0.140. The molecule has 1 unspecified atom stereocenters. The molecule has 0 amide bonds. The molecule has 3 rings (SSSR count). The lowest BCUT2D eigenvalue weighted by Gasteiger charge is -2.18. The zero-order valence-corrected chi connectivity index (χ0v) is 15.8. The van der Waals surface area contributed by atoms with E-state index < -0.39 is 29.2 Å². The van der Waals surface area contributed by atoms with Crippen LogP contribution in [0.1, 0.15) is 33.8 Å². The number of hydrogen-bond donors (Lipinski definition) is 3. The number of hydrogen-bond acceptors (Lipinski definition) is 7. The minimum Gasteiger partial charge on any atom is -0.506 e. The van der Waals surface area contributed by atoms with Crippen molar-refractivity contribution in [2.75, 3.05) is 14.2 Å². The van der Waals surface area contributed by atoms with Crippen molar-refractivity contribution in [3.8, 4) is 17.0 Å². The maximum absolute atomic E-state index is 12.6. The van der Waals surface area contributed by atoms with Gasteiger partial charge in [-0.15, -0.1) is 0 Å². The van der Waals surface area contributed by atoms with Gasteiger partial charge in [-0.25, -0.2) is 4.79 Å². The van der Waals surface area contributed by atoms with E-state index in [4.69, 9.17) is 4.74 Å². The van der Waals surface area contributed by atoms with E-state index in [2.05, 4.69) is 19.9 Å². The summed E-state index contributed by atoms with van der Waals surface area (Å²) in [6, 6.07) is 9.18. The standard InChI is InChI=1S/C20H19N3O6/c1-28-15(24)8-12(13-10-22-23-17(13)11-6-4-3-5-7-11)16-18(25)14(20(27)29-2)9-21-19(16)26/h3-7,9-10,12H,8H2,1-2H3,(H,22,23)(H2,21,25,26). The van der Waals surface area contributed by atoms with Crippen LogP contribution in [0.4, 0.5) is 0 Å². The summed E-state index contributed by atoms with van der Waals surface area (Å²) in [4.78, 5) is 39.1. The molecule has 0 saturated heterocycles. The largest absolute Gasteiger partial charge is 0.506 e. The second-order valence-corrected chi connectivity index (χ2v) is 6.18. The summed E-state index contributed by atoms with van der Waals surface area (Å²) in [5.74, 6) is -2.91. The number of rotatable bonds is 6. The summed E-state index contributed by atoms with van der Waals surface area (Å²) in [7, 11) is 2.38. The number of benzene rings is 1. The van der Waals surface area contributed by atoms with Gasteiger partial charge in [0.15, 0.2) is 0 Å². The van der Waals surface area contributed by atoms with Gasteiger partial charge in [-0.05, 0) is 5.56 Å². The van der Waals surface area contributed by atoms with E-state index >= 15 is 0 Å². The third kappa shape index (κ3) is 3.88. The molecule has 0 aliphatic rings. The smallest absolute Gasteiger partial charge is 0.343 e. The number of H-pyrrole nitrogens is 2. The zero-order chi connectivity index (χ0) is 21.0. The number of carbonyl (C=O) groups excluding carboxylic acids is 2. The molecule has 3 aromatic rings. The first-order valence-corrected chi connectivity index (χ1v) is 8.66. The van der Waals surface area contributed by atoms with E-state index in [1.54, 1.807) is 0 Å². The Morgan fingerprint density at radius 3 is 2.55 bits per heavy atom. The Bertz CT molecular complexity index is 1090. The normalized spacial score (nSPS) is 11.7. The summed E-state index contributed by atoms with van der Waals surface area (Å²) in [6.07, 6.45) is 2.28. The molecule has 2 aromatic heterocycles. The van der Waals surface area contributed by atoms with Gasteiger partial charge in [0.1, 0.15) is 11.3 Å². The fraction of sp³-hybridized carbons (Fsp3) is 0.200. The summed E-state index contributed by atoms with van der Waals surface area (Å²) < 4.78 is 9.42. The van der Waals surface area contributed by atoms with Crippen molar-refractivity contribution >= 4 is 11.9 Å². The lowest BCUT2D eigenvalue weighted by atomic mass is 9.86. The highest BCUT2D eigenvalue weighted by Crippen LogP contribution is 2.37. The topological polar surface area (TPSA) is 134 Å². The van der Waals surface area contributed by atoms with Crippen LogP contribution in [0.2, 0.25) is 0 Å². The van der Waals surface area contributed by atoms with E-state index in [0.717, 1.165) is 18.9 Å². The molecule has 3 N–H and O–H groups in total. The Labute approximate surface area is 165 Å². The van der Waals surface area contributed by atoms with Crippen LogP contribution >= 0.6 is 0 Å². The van der Waals surface area contributed by atoms with Gasteiger partial charge < -0.3 is 19.6 Å². The average Bonchev–Trinajstić information content (AvgIpc) is 3.22. The summed E-state index contributed by atoms with van der Waals surface area (Å²) in [5, 5.41) is 17.6. The Morgan fingerprint density at radius 1 is 1.17 bits per heavy atom. The molecule has 2 heterocycles. The number of nitrogens with zero attached hydrogens (tertiary/aromatic N) is 1. The van der Waals surface area contributed by atoms with E-state index in [-0.39, 0.29) is 17.5 Å². The number of ether oxygens (including phenoxy) is 2. The van der Waals surface area contributed by atoms with Crippen LogP contribution in [0.15, 0.2) is 47.5 Å². The summed E-state index contributed by atoms with van der Waals surface area (Å²) in [6.45, 7) is 0. The van der Waals surface area contributed by atoms with Gasteiger partial charge in [-0.2, -0.15) is 5.10 Å². The fourth-order valence-electron chi connectivity index (χ4n) is 3.14. The molecule has 9 nitrogen and oxygen atoms in total. The predicted octanol–water partition coefficient (Wildman–Crippen LogP) is 1.95. The summed E-state index contributed by atoms with van der Waals surface area (Å²) in [5.41, 5.74) is 0.809. The number of carbonyl (C=O) groups is 2. The molecule has 9 heteroatoms. The first-order valence-electron chi connectivity index (χ1n) is 8.66. The first kappa shape index (κ1) is 19.9. The van der Waals surface area contributed by atoms with Gasteiger partial charge in [0.25, 0.3) is 5.56 Å². The van der Waals surface area contributed by atoms with Crippen LogP contribution in [0.25, 0.3) is 11.3 Å². The second kappa shape index (κ2) is 8.42. The van der Waals surface area contributed by atoms with E-state index in [9.17, 15) is 19.5 Å². The number of aromatic nitrogens is 3. The van der Waals surface area contributed by atoms with E-state index in [0.29, 0.717) is 11.3 Å². The number of methoxy groups -OCH3 is 2. The number of aromatic hydroxyl groups is 1. The van der Waals surface area contributed by atoms with Crippen molar-refractivity contribution < 1.29 is 24.2 Å². The van der Waals surface area contributed by atoms with Crippen LogP contribution in [-0.4, -0.2) is 46.4 Å². The third-order valence-corrected chi connectivity index (χ3v) is 4.56. The zero-order valence-electron chi connectivity index (χ0n) is 15.8. The SMILES string of the molecule is COC(=O)CC(c1cn[nH]c1-c1ccccc1)c1c(O)c(C(=O)OC)c[nH]c1=O. The molecule has 150 valence electrons. The highest BCUT2D eigenvalue weighted by Gasteiger charge is 2.30. The summed E-state index contributed by atoms with van der Waals surface area (Å²) >= 11 is 0. The second-order valence-electron chi connectivity index (χ2n) is 6.18. The van der Waals surface area contributed by atoms with Gasteiger partial charge in [-0.3, -0.25) is 14.7 Å². The Morgan fingerprint density at radius 2 is 1.90 bits per heavy atom. The minimum absolute atomic E-state index is 0.156. The van der Waals surface area contributed by atoms with Gasteiger partial charge in [-0.1, -0.05) is 30.3 Å². The van der Waals surface area contributed by atoms with Crippen molar-refractivity contribution in [2.45, 2.75) is 12.3 Å². The molecule has 0 radical (unpaired) electrons. The third-order valence-electron chi connectivity index (χ3n) is 4.56. The minimum atomic E-state index is -0.926. The average molecular weight is 397 g/mol. The van der Waals surface area contributed by atoms with Crippen molar-refractivity contribution in [2.24, 2.45) is 0 Å². The molecule has 29 heavy (non-hydrogen) atoms.